The minimum atomic E-state index is -3.45. The zero-order chi connectivity index (χ0) is 11.3. The topological polar surface area (TPSA) is 105 Å². The molecule has 0 aliphatic heterocycles. The van der Waals surface area contributed by atoms with Gasteiger partial charge in [0, 0.05) is 13.0 Å². The number of hydrogen-bond donors (Lipinski definition) is 2. The SMILES string of the molecule is CC(CO)S(=O)(=O)NCCc1ncon1. The van der Waals surface area contributed by atoms with Crippen LogP contribution in [0.4, 0.5) is 0 Å². The number of nitrogens with zero attached hydrogens (tertiary/aromatic N) is 2. The highest BCUT2D eigenvalue weighted by Gasteiger charge is 2.18. The van der Waals surface area contributed by atoms with Crippen LogP contribution in [0.3, 0.4) is 0 Å². The summed E-state index contributed by atoms with van der Waals surface area (Å²) in [6.45, 7) is 1.21. The summed E-state index contributed by atoms with van der Waals surface area (Å²) in [6.07, 6.45) is 1.54. The van der Waals surface area contributed by atoms with Gasteiger partial charge in [0.15, 0.2) is 5.82 Å². The standard InChI is InChI=1S/C7H13N3O4S/c1-6(4-11)15(12,13)9-3-2-7-8-5-14-10-7/h5-6,9,11H,2-4H2,1H3. The average Bonchev–Trinajstić information content (AvgIpc) is 2.69. The number of aliphatic hydroxyl groups excluding tert-OH is 1. The smallest absolute Gasteiger partial charge is 0.216 e. The Balaban J connectivity index is 2.37. The zero-order valence-corrected chi connectivity index (χ0v) is 9.07. The van der Waals surface area contributed by atoms with E-state index < -0.39 is 21.9 Å². The molecule has 1 heterocycles. The van der Waals surface area contributed by atoms with E-state index in [2.05, 4.69) is 19.4 Å². The number of sulfonamides is 1. The fourth-order valence-corrected chi connectivity index (χ4v) is 1.72. The Morgan fingerprint density at radius 2 is 2.40 bits per heavy atom. The third kappa shape index (κ3) is 3.57. The van der Waals surface area contributed by atoms with Gasteiger partial charge in [-0.3, -0.25) is 0 Å². The molecular formula is C7H13N3O4S. The Kier molecular flexibility index (Phi) is 4.18. The van der Waals surface area contributed by atoms with Gasteiger partial charge in [-0.05, 0) is 6.92 Å². The van der Waals surface area contributed by atoms with Crippen LogP contribution in [0.2, 0.25) is 0 Å². The van der Waals surface area contributed by atoms with E-state index >= 15 is 0 Å². The second-order valence-corrected chi connectivity index (χ2v) is 5.21. The molecule has 7 nitrogen and oxygen atoms in total. The van der Waals surface area contributed by atoms with Crippen molar-refractivity contribution in [3.05, 3.63) is 12.2 Å². The van der Waals surface area contributed by atoms with Crippen LogP contribution in [0.1, 0.15) is 12.7 Å². The number of aliphatic hydroxyl groups is 1. The molecule has 86 valence electrons. The molecule has 0 amide bonds. The van der Waals surface area contributed by atoms with E-state index in [1.54, 1.807) is 0 Å². The minimum Gasteiger partial charge on any atom is -0.395 e. The van der Waals surface area contributed by atoms with Crippen LogP contribution >= 0.6 is 0 Å². The van der Waals surface area contributed by atoms with Gasteiger partial charge in [0.2, 0.25) is 16.4 Å². The second kappa shape index (κ2) is 5.19. The Hall–Kier alpha value is -0.990. The molecule has 1 rings (SSSR count). The first-order valence-electron chi connectivity index (χ1n) is 4.41. The normalized spacial score (nSPS) is 14.0. The van der Waals surface area contributed by atoms with Gasteiger partial charge in [-0.1, -0.05) is 5.16 Å². The zero-order valence-electron chi connectivity index (χ0n) is 8.25. The van der Waals surface area contributed by atoms with Gasteiger partial charge < -0.3 is 9.63 Å². The fourth-order valence-electron chi connectivity index (χ4n) is 0.848. The predicted molar refractivity (Wildman–Crippen MR) is 51.5 cm³/mol. The van der Waals surface area contributed by atoms with Crippen LogP contribution in [0.5, 0.6) is 0 Å². The Bertz CT molecular complexity index is 375. The first-order chi connectivity index (χ1) is 7.06. The lowest BCUT2D eigenvalue weighted by Gasteiger charge is -2.10. The van der Waals surface area contributed by atoms with Crippen molar-refractivity contribution in [3.8, 4) is 0 Å². The maximum Gasteiger partial charge on any atom is 0.216 e. The maximum atomic E-state index is 11.4. The molecule has 2 N–H and O–H groups in total. The van der Waals surface area contributed by atoms with Gasteiger partial charge in [-0.15, -0.1) is 0 Å². The summed E-state index contributed by atoms with van der Waals surface area (Å²) < 4.78 is 29.5. The van der Waals surface area contributed by atoms with Gasteiger partial charge in [0.05, 0.1) is 11.9 Å². The molecule has 15 heavy (non-hydrogen) atoms. The number of nitrogens with one attached hydrogen (secondary N) is 1. The molecule has 1 unspecified atom stereocenters. The highest BCUT2D eigenvalue weighted by molar-refractivity contribution is 7.90. The average molecular weight is 235 g/mol. The molecule has 8 heteroatoms. The predicted octanol–water partition coefficient (Wildman–Crippen LogP) is -1.09. The summed E-state index contributed by atoms with van der Waals surface area (Å²) in [5.41, 5.74) is 0. The summed E-state index contributed by atoms with van der Waals surface area (Å²) in [5, 5.41) is 11.4. The molecule has 1 aromatic rings. The van der Waals surface area contributed by atoms with E-state index in [0.29, 0.717) is 12.2 Å². The molecule has 0 spiro atoms. The van der Waals surface area contributed by atoms with Crippen molar-refractivity contribution < 1.29 is 18.0 Å². The Morgan fingerprint density at radius 3 is 2.93 bits per heavy atom. The van der Waals surface area contributed by atoms with Crippen LogP contribution in [0, 0.1) is 0 Å². The van der Waals surface area contributed by atoms with E-state index in [1.165, 1.54) is 13.3 Å². The first kappa shape index (κ1) is 12.1. The highest BCUT2D eigenvalue weighted by atomic mass is 32.2. The van der Waals surface area contributed by atoms with Crippen molar-refractivity contribution in [3.63, 3.8) is 0 Å². The molecule has 1 aromatic heterocycles. The minimum absolute atomic E-state index is 0.187. The summed E-state index contributed by atoms with van der Waals surface area (Å²) in [6, 6.07) is 0. The Morgan fingerprint density at radius 1 is 1.67 bits per heavy atom. The van der Waals surface area contributed by atoms with Gasteiger partial charge in [-0.2, -0.15) is 4.98 Å². The molecule has 0 saturated carbocycles. The van der Waals surface area contributed by atoms with Crippen LogP contribution in [0.15, 0.2) is 10.9 Å². The Labute approximate surface area is 87.5 Å². The number of aromatic nitrogens is 2. The van der Waals surface area contributed by atoms with Crippen LogP contribution in [-0.2, 0) is 16.4 Å². The fraction of sp³-hybridized carbons (Fsp3) is 0.714. The van der Waals surface area contributed by atoms with Crippen LogP contribution in [0.25, 0.3) is 0 Å². The monoisotopic (exact) mass is 235 g/mol. The maximum absolute atomic E-state index is 11.4. The molecule has 1 atom stereocenters. The van der Waals surface area contributed by atoms with E-state index in [4.69, 9.17) is 5.11 Å². The quantitative estimate of drug-likeness (QED) is 0.649. The molecule has 0 bridgehead atoms. The number of hydrogen-bond acceptors (Lipinski definition) is 6. The lowest BCUT2D eigenvalue weighted by molar-refractivity contribution is 0.295. The lowest BCUT2D eigenvalue weighted by Crippen LogP contribution is -2.35. The van der Waals surface area contributed by atoms with Crippen LogP contribution in [-0.4, -0.2) is 42.1 Å². The summed E-state index contributed by atoms with van der Waals surface area (Å²) in [5.74, 6) is 0.439. The van der Waals surface area contributed by atoms with Gasteiger partial charge in [0.1, 0.15) is 0 Å². The van der Waals surface area contributed by atoms with Crippen molar-refractivity contribution in [1.29, 1.82) is 0 Å². The third-order valence-electron chi connectivity index (χ3n) is 1.85. The van der Waals surface area contributed by atoms with Crippen LogP contribution < -0.4 is 4.72 Å². The largest absolute Gasteiger partial charge is 0.395 e. The van der Waals surface area contributed by atoms with Gasteiger partial charge in [-0.25, -0.2) is 13.1 Å². The molecule has 0 aliphatic carbocycles. The van der Waals surface area contributed by atoms with E-state index in [1.807, 2.05) is 0 Å². The highest BCUT2D eigenvalue weighted by Crippen LogP contribution is 1.97. The molecule has 0 aromatic carbocycles. The summed E-state index contributed by atoms with van der Waals surface area (Å²) in [4.78, 5) is 3.74. The molecule has 0 saturated heterocycles. The molecule has 0 aliphatic rings. The molecular weight excluding hydrogens is 222 g/mol. The van der Waals surface area contributed by atoms with E-state index in [-0.39, 0.29) is 6.54 Å². The van der Waals surface area contributed by atoms with E-state index in [0.717, 1.165) is 0 Å². The third-order valence-corrected chi connectivity index (χ3v) is 3.66. The number of rotatable bonds is 6. The van der Waals surface area contributed by atoms with Crippen molar-refractivity contribution in [2.24, 2.45) is 0 Å². The first-order valence-corrected chi connectivity index (χ1v) is 5.95. The van der Waals surface area contributed by atoms with Gasteiger partial charge in [0.25, 0.3) is 0 Å². The van der Waals surface area contributed by atoms with Crippen molar-refractivity contribution >= 4 is 10.0 Å². The van der Waals surface area contributed by atoms with Crippen molar-refractivity contribution in [1.82, 2.24) is 14.9 Å². The lowest BCUT2D eigenvalue weighted by atomic mass is 10.4. The second-order valence-electron chi connectivity index (χ2n) is 3.03. The summed E-state index contributed by atoms with van der Waals surface area (Å²) in [7, 11) is -3.45. The van der Waals surface area contributed by atoms with Gasteiger partial charge >= 0.3 is 0 Å². The van der Waals surface area contributed by atoms with Crippen molar-refractivity contribution in [2.75, 3.05) is 13.2 Å². The molecule has 0 fully saturated rings. The molecule has 0 radical (unpaired) electrons. The van der Waals surface area contributed by atoms with Crippen molar-refractivity contribution in [2.45, 2.75) is 18.6 Å². The summed E-state index contributed by atoms with van der Waals surface area (Å²) >= 11 is 0. The van der Waals surface area contributed by atoms with E-state index in [9.17, 15) is 8.42 Å².